The van der Waals surface area contributed by atoms with Gasteiger partial charge in [-0.25, -0.2) is 4.98 Å². The number of aromatic nitrogens is 1. The van der Waals surface area contributed by atoms with E-state index in [1.807, 2.05) is 0 Å². The molecule has 0 aromatic carbocycles. The molecule has 1 aromatic heterocycles. The summed E-state index contributed by atoms with van der Waals surface area (Å²) in [7, 11) is 4.16. The fourth-order valence-electron chi connectivity index (χ4n) is 2.16. The van der Waals surface area contributed by atoms with E-state index in [1.165, 1.54) is 19.0 Å². The molecule has 1 aliphatic rings. The average Bonchev–Trinajstić information content (AvgIpc) is 3.15. The molecular formula is C13H19ClN4O. The van der Waals surface area contributed by atoms with E-state index in [-0.39, 0.29) is 0 Å². The highest BCUT2D eigenvalue weighted by molar-refractivity contribution is 6.33. The zero-order chi connectivity index (χ0) is 14.0. The first-order chi connectivity index (χ1) is 8.99. The molecule has 104 valence electrons. The smallest absolute Gasteiger partial charge is 0.250 e. The van der Waals surface area contributed by atoms with Gasteiger partial charge in [0.15, 0.2) is 0 Å². The highest BCUT2D eigenvalue weighted by atomic mass is 35.5. The van der Waals surface area contributed by atoms with Gasteiger partial charge in [-0.3, -0.25) is 4.79 Å². The first kappa shape index (κ1) is 14.1. The third-order valence-electron chi connectivity index (χ3n) is 3.43. The summed E-state index contributed by atoms with van der Waals surface area (Å²) in [6.45, 7) is 0.792. The number of pyridine rings is 1. The van der Waals surface area contributed by atoms with Crippen LogP contribution in [-0.4, -0.2) is 42.5 Å². The quantitative estimate of drug-likeness (QED) is 0.831. The molecule has 1 atom stereocenters. The first-order valence-corrected chi connectivity index (χ1v) is 6.72. The molecule has 1 amide bonds. The minimum atomic E-state index is -0.523. The van der Waals surface area contributed by atoms with Crippen molar-refractivity contribution in [2.24, 2.45) is 11.7 Å². The summed E-state index contributed by atoms with van der Waals surface area (Å²) in [4.78, 5) is 17.4. The van der Waals surface area contributed by atoms with Crippen molar-refractivity contribution < 1.29 is 4.79 Å². The van der Waals surface area contributed by atoms with Gasteiger partial charge in [0.2, 0.25) is 5.91 Å². The molecule has 1 saturated carbocycles. The highest BCUT2D eigenvalue weighted by Crippen LogP contribution is 2.34. The molecule has 2 rings (SSSR count). The van der Waals surface area contributed by atoms with Crippen molar-refractivity contribution >= 4 is 23.3 Å². The summed E-state index contributed by atoms with van der Waals surface area (Å²) in [5, 5.41) is 3.67. The second-order valence-corrected chi connectivity index (χ2v) is 5.58. The lowest BCUT2D eigenvalue weighted by Crippen LogP contribution is -2.36. The molecular weight excluding hydrogens is 264 g/mol. The normalized spacial score (nSPS) is 16.4. The van der Waals surface area contributed by atoms with E-state index in [2.05, 4.69) is 29.3 Å². The zero-order valence-electron chi connectivity index (χ0n) is 11.2. The summed E-state index contributed by atoms with van der Waals surface area (Å²) < 4.78 is 0. The van der Waals surface area contributed by atoms with Gasteiger partial charge in [-0.15, -0.1) is 0 Å². The lowest BCUT2D eigenvalue weighted by atomic mass is 10.1. The topological polar surface area (TPSA) is 71.2 Å². The summed E-state index contributed by atoms with van der Waals surface area (Å²) in [6.07, 6.45) is 4.01. The van der Waals surface area contributed by atoms with E-state index in [4.69, 9.17) is 17.3 Å². The number of halogens is 1. The van der Waals surface area contributed by atoms with Gasteiger partial charge in [-0.1, -0.05) is 11.6 Å². The van der Waals surface area contributed by atoms with Crippen LogP contribution in [0.3, 0.4) is 0 Å². The predicted molar refractivity (Wildman–Crippen MR) is 76.5 cm³/mol. The Kier molecular flexibility index (Phi) is 4.27. The Morgan fingerprint density at radius 1 is 1.63 bits per heavy atom. The molecule has 5 nitrogen and oxygen atoms in total. The number of amides is 1. The number of hydrogen-bond donors (Lipinski definition) is 2. The van der Waals surface area contributed by atoms with Crippen molar-refractivity contribution in [3.63, 3.8) is 0 Å². The van der Waals surface area contributed by atoms with Crippen molar-refractivity contribution in [1.82, 2.24) is 9.88 Å². The third-order valence-corrected chi connectivity index (χ3v) is 3.72. The number of nitrogens with one attached hydrogen (secondary N) is 1. The van der Waals surface area contributed by atoms with Crippen LogP contribution in [0.5, 0.6) is 0 Å². The molecule has 0 bridgehead atoms. The number of nitrogens with two attached hydrogens (primary N) is 1. The van der Waals surface area contributed by atoms with Crippen LogP contribution in [0.15, 0.2) is 12.3 Å². The number of carbonyl (C=O) groups is 1. The van der Waals surface area contributed by atoms with E-state index >= 15 is 0 Å². The second-order valence-electron chi connectivity index (χ2n) is 5.17. The van der Waals surface area contributed by atoms with Crippen LogP contribution in [0.25, 0.3) is 0 Å². The molecule has 1 unspecified atom stereocenters. The van der Waals surface area contributed by atoms with Gasteiger partial charge in [0.05, 0.1) is 10.6 Å². The molecule has 19 heavy (non-hydrogen) atoms. The minimum Gasteiger partial charge on any atom is -0.367 e. The van der Waals surface area contributed by atoms with Crippen LogP contribution in [0.1, 0.15) is 23.2 Å². The van der Waals surface area contributed by atoms with Crippen LogP contribution in [0.2, 0.25) is 5.02 Å². The average molecular weight is 283 g/mol. The summed E-state index contributed by atoms with van der Waals surface area (Å²) in [5.74, 6) is 0.829. The Balaban J connectivity index is 2.00. The minimum absolute atomic E-state index is 0.321. The number of anilines is 1. The van der Waals surface area contributed by atoms with Crippen LogP contribution in [-0.2, 0) is 0 Å². The van der Waals surface area contributed by atoms with Crippen LogP contribution in [0, 0.1) is 5.92 Å². The molecule has 0 saturated heterocycles. The van der Waals surface area contributed by atoms with E-state index in [9.17, 15) is 4.79 Å². The van der Waals surface area contributed by atoms with Crippen molar-refractivity contribution in [2.75, 3.05) is 26.0 Å². The predicted octanol–water partition coefficient (Wildman–Crippen LogP) is 1.59. The lowest BCUT2D eigenvalue weighted by Gasteiger charge is -2.24. The second kappa shape index (κ2) is 5.75. The molecule has 3 N–H and O–H groups in total. The van der Waals surface area contributed by atoms with Crippen molar-refractivity contribution in [1.29, 1.82) is 0 Å². The van der Waals surface area contributed by atoms with Gasteiger partial charge in [0.25, 0.3) is 0 Å². The molecule has 1 aliphatic carbocycles. The molecule has 6 heteroatoms. The lowest BCUT2D eigenvalue weighted by molar-refractivity contribution is 0.1000. The number of likely N-dealkylation sites (N-methyl/N-ethyl adjacent to an activating group) is 1. The van der Waals surface area contributed by atoms with Gasteiger partial charge in [0.1, 0.15) is 5.82 Å². The van der Waals surface area contributed by atoms with Crippen molar-refractivity contribution in [3.8, 4) is 0 Å². The van der Waals surface area contributed by atoms with E-state index < -0.39 is 5.91 Å². The Bertz CT molecular complexity index is 472. The van der Waals surface area contributed by atoms with Crippen LogP contribution in [0.4, 0.5) is 5.82 Å². The molecule has 1 fully saturated rings. The zero-order valence-corrected chi connectivity index (χ0v) is 11.9. The maximum Gasteiger partial charge on any atom is 0.250 e. The fraction of sp³-hybridized carbons (Fsp3) is 0.538. The number of hydrogen-bond acceptors (Lipinski definition) is 4. The first-order valence-electron chi connectivity index (χ1n) is 6.34. The van der Waals surface area contributed by atoms with Gasteiger partial charge >= 0.3 is 0 Å². The van der Waals surface area contributed by atoms with Gasteiger partial charge in [0, 0.05) is 18.8 Å². The Morgan fingerprint density at radius 3 is 2.79 bits per heavy atom. The van der Waals surface area contributed by atoms with Gasteiger partial charge in [-0.2, -0.15) is 0 Å². The maximum absolute atomic E-state index is 11.0. The van der Waals surface area contributed by atoms with E-state index in [0.717, 1.165) is 12.5 Å². The molecule has 0 spiro atoms. The summed E-state index contributed by atoms with van der Waals surface area (Å²) in [5.41, 5.74) is 5.50. The highest BCUT2D eigenvalue weighted by Gasteiger charge is 2.32. The summed E-state index contributed by atoms with van der Waals surface area (Å²) >= 11 is 6.09. The maximum atomic E-state index is 11.0. The van der Waals surface area contributed by atoms with Gasteiger partial charge in [-0.05, 0) is 38.9 Å². The van der Waals surface area contributed by atoms with Crippen molar-refractivity contribution in [3.05, 3.63) is 22.8 Å². The largest absolute Gasteiger partial charge is 0.367 e. The Morgan fingerprint density at radius 2 is 2.32 bits per heavy atom. The Labute approximate surface area is 118 Å². The van der Waals surface area contributed by atoms with E-state index in [1.54, 1.807) is 6.07 Å². The van der Waals surface area contributed by atoms with E-state index in [0.29, 0.717) is 22.4 Å². The summed E-state index contributed by atoms with van der Waals surface area (Å²) in [6, 6.07) is 2.02. The molecule has 1 heterocycles. The fourth-order valence-corrected chi connectivity index (χ4v) is 2.39. The van der Waals surface area contributed by atoms with Crippen LogP contribution < -0.4 is 11.1 Å². The number of carbonyl (C=O) groups excluding carboxylic acids is 1. The van der Waals surface area contributed by atoms with Crippen LogP contribution >= 0.6 is 11.6 Å². The molecule has 1 aromatic rings. The number of primary amides is 1. The molecule has 0 aliphatic heterocycles. The monoisotopic (exact) mass is 282 g/mol. The van der Waals surface area contributed by atoms with Crippen molar-refractivity contribution in [2.45, 2.75) is 18.9 Å². The Hall–Kier alpha value is -1.33. The molecule has 0 radical (unpaired) electrons. The van der Waals surface area contributed by atoms with Gasteiger partial charge < -0.3 is 16.0 Å². The number of nitrogens with zero attached hydrogens (tertiary/aromatic N) is 2. The standard InChI is InChI=1S/C13H19ClN4O/c1-18(2)11(8-3-4-8)7-17-13-10(14)5-9(6-16-13)12(15)19/h5-6,8,11H,3-4,7H2,1-2H3,(H2,15,19)(H,16,17). The third kappa shape index (κ3) is 3.58. The SMILES string of the molecule is CN(C)C(CNc1ncc(C(N)=O)cc1Cl)C1CC1. The number of rotatable bonds is 6.